The molecule has 2 aliphatic heterocycles. The van der Waals surface area contributed by atoms with E-state index in [9.17, 15) is 23.2 Å². The van der Waals surface area contributed by atoms with E-state index in [2.05, 4.69) is 19.9 Å². The van der Waals surface area contributed by atoms with Gasteiger partial charge < -0.3 is 23.9 Å². The number of hydrogen-bond acceptors (Lipinski definition) is 8. The van der Waals surface area contributed by atoms with Crippen molar-refractivity contribution in [1.82, 2.24) is 29.7 Å². The van der Waals surface area contributed by atoms with Crippen molar-refractivity contribution in [2.75, 3.05) is 13.1 Å². The Bertz CT molecular complexity index is 2590. The fourth-order valence-corrected chi connectivity index (χ4v) is 7.44. The predicted octanol–water partition coefficient (Wildman–Crippen LogP) is 9.06. The van der Waals surface area contributed by atoms with Gasteiger partial charge in [-0.1, -0.05) is 12.1 Å². The lowest BCUT2D eigenvalue weighted by Crippen LogP contribution is -2.37. The Balaban J connectivity index is 1.10. The van der Waals surface area contributed by atoms with E-state index in [1.807, 2.05) is 0 Å². The third-order valence-corrected chi connectivity index (χ3v) is 9.91. The average molecular weight is 771 g/mol. The topological polar surface area (TPSA) is 147 Å². The highest BCUT2D eigenvalue weighted by Gasteiger charge is 2.41. The van der Waals surface area contributed by atoms with Gasteiger partial charge in [-0.3, -0.25) is 14.6 Å². The van der Waals surface area contributed by atoms with Gasteiger partial charge in [-0.2, -0.15) is 0 Å². The van der Waals surface area contributed by atoms with Crippen molar-refractivity contribution < 1.29 is 36.7 Å². The molecule has 15 heteroatoms. The van der Waals surface area contributed by atoms with Crippen LogP contribution >= 0.6 is 0 Å². The number of halogens is 3. The molecular weight excluding hydrogens is 729 g/mol. The van der Waals surface area contributed by atoms with Crippen LogP contribution in [0.4, 0.5) is 22.8 Å². The molecule has 5 heterocycles. The number of H-pyrrole nitrogens is 2. The van der Waals surface area contributed by atoms with Crippen molar-refractivity contribution in [1.29, 1.82) is 0 Å². The number of ether oxygens (including phenoxy) is 2. The van der Waals surface area contributed by atoms with Crippen LogP contribution in [0.15, 0.2) is 64.1 Å². The lowest BCUT2D eigenvalue weighted by Gasteiger charge is -2.27. The molecule has 0 radical (unpaired) electrons. The Morgan fingerprint density at radius 1 is 0.750 bits per heavy atom. The Morgan fingerprint density at radius 3 is 1.80 bits per heavy atom. The van der Waals surface area contributed by atoms with Crippen molar-refractivity contribution in [3.63, 3.8) is 0 Å². The minimum atomic E-state index is -1.25. The van der Waals surface area contributed by atoms with Crippen LogP contribution in [-0.4, -0.2) is 78.6 Å². The van der Waals surface area contributed by atoms with Crippen molar-refractivity contribution in [2.24, 2.45) is 0 Å². The van der Waals surface area contributed by atoms with Crippen LogP contribution in [0.25, 0.3) is 55.2 Å². The van der Waals surface area contributed by atoms with Gasteiger partial charge in [-0.05, 0) is 77.3 Å². The van der Waals surface area contributed by atoms with Crippen LogP contribution < -0.4 is 5.43 Å². The van der Waals surface area contributed by atoms with Crippen LogP contribution in [0.1, 0.15) is 78.1 Å². The number of fused-ring (bicyclic) bond motifs is 3. The summed E-state index contributed by atoms with van der Waals surface area (Å²) in [5.74, 6) is 0.0692. The molecule has 2 N–H and O–H groups in total. The second-order valence-corrected chi connectivity index (χ2v) is 16.5. The number of likely N-dealkylation sites (tertiary alicyclic amines) is 2. The molecule has 2 aliphatic rings. The molecule has 292 valence electrons. The Morgan fingerprint density at radius 2 is 1.27 bits per heavy atom. The summed E-state index contributed by atoms with van der Waals surface area (Å²) >= 11 is 0. The van der Waals surface area contributed by atoms with Gasteiger partial charge in [0.25, 0.3) is 0 Å². The molecule has 0 saturated carbocycles. The van der Waals surface area contributed by atoms with Gasteiger partial charge >= 0.3 is 12.2 Å². The average Bonchev–Trinajstić information content (AvgIpc) is 3.93. The molecule has 0 spiro atoms. The number of nitrogens with zero attached hydrogens (tertiary/aromatic N) is 4. The summed E-state index contributed by atoms with van der Waals surface area (Å²) in [5, 5.41) is 0.909. The minimum absolute atomic E-state index is 0.0355. The number of carbonyl (C=O) groups is 2. The molecule has 2 saturated heterocycles. The van der Waals surface area contributed by atoms with Crippen LogP contribution in [0.5, 0.6) is 0 Å². The zero-order chi connectivity index (χ0) is 39.8. The molecule has 3 aromatic heterocycles. The molecule has 0 unspecified atom stereocenters. The molecule has 0 aliphatic carbocycles. The number of carbonyl (C=O) groups excluding carboxylic acids is 2. The zero-order valence-electron chi connectivity index (χ0n) is 31.7. The lowest BCUT2D eigenvalue weighted by molar-refractivity contribution is 0.0201. The van der Waals surface area contributed by atoms with Crippen molar-refractivity contribution in [3.05, 3.63) is 82.5 Å². The normalized spacial score (nSPS) is 20.4. The molecule has 0 bridgehead atoms. The third-order valence-electron chi connectivity index (χ3n) is 9.91. The Kier molecular flexibility index (Phi) is 8.88. The molecule has 56 heavy (non-hydrogen) atoms. The highest BCUT2D eigenvalue weighted by atomic mass is 19.1. The number of imidazole rings is 2. The fourth-order valence-electron chi connectivity index (χ4n) is 7.44. The first-order valence-electron chi connectivity index (χ1n) is 18.4. The Hall–Kier alpha value is -5.86. The fraction of sp³-hybridized carbons (Fsp3) is 0.390. The number of rotatable bonds is 4. The second kappa shape index (κ2) is 13.4. The van der Waals surface area contributed by atoms with Gasteiger partial charge in [0.05, 0.1) is 59.7 Å². The second-order valence-electron chi connectivity index (χ2n) is 16.5. The first-order valence-corrected chi connectivity index (χ1v) is 18.4. The van der Waals surface area contributed by atoms with E-state index in [1.54, 1.807) is 96.4 Å². The van der Waals surface area contributed by atoms with E-state index >= 15 is 4.39 Å². The maximum atomic E-state index is 16.1. The third kappa shape index (κ3) is 6.94. The van der Waals surface area contributed by atoms with E-state index in [-0.39, 0.29) is 53.3 Å². The number of nitrogens with one attached hydrogen (secondary N) is 2. The number of hydrogen-bond donors (Lipinski definition) is 2. The summed E-state index contributed by atoms with van der Waals surface area (Å²) in [6.07, 6.45) is -0.538. The molecule has 8 rings (SSSR count). The van der Waals surface area contributed by atoms with Crippen LogP contribution in [-0.2, 0) is 9.47 Å². The van der Waals surface area contributed by atoms with E-state index in [0.717, 1.165) is 0 Å². The maximum absolute atomic E-state index is 16.1. The van der Waals surface area contributed by atoms with E-state index in [1.165, 1.54) is 9.80 Å². The maximum Gasteiger partial charge on any atom is 0.411 e. The molecule has 2 amide bonds. The molecule has 6 aromatic rings. The summed E-state index contributed by atoms with van der Waals surface area (Å²) in [4.78, 5) is 57.7. The summed E-state index contributed by atoms with van der Waals surface area (Å²) in [6.45, 7) is 10.2. The number of aromatic nitrogens is 4. The first kappa shape index (κ1) is 37.1. The van der Waals surface area contributed by atoms with Crippen LogP contribution in [0.3, 0.4) is 0 Å². The number of aromatic amines is 2. The minimum Gasteiger partial charge on any atom is -0.453 e. The largest absolute Gasteiger partial charge is 0.453 e. The Labute approximate surface area is 319 Å². The lowest BCUT2D eigenvalue weighted by atomic mass is 10.0. The first-order chi connectivity index (χ1) is 26.4. The van der Waals surface area contributed by atoms with Crippen molar-refractivity contribution in [3.8, 4) is 22.5 Å². The summed E-state index contributed by atoms with van der Waals surface area (Å²) in [5.41, 5.74) is 0.317. The standard InChI is InChI=1S/C41H41F3N6O6/c1-40(2,3)55-38(52)49-18-23(42)14-30(49)36-45-16-28(47-36)20-7-9-25-22(11-20)13-27-34(51)26-12-21(8-10-32(26)54-35(27)33(25)44)29-17-46-37(48-29)31-15-24(43)19-50(31)39(53)56-41(4,5)6/h7-13,16-17,23-24,30-31H,14-15,18-19H2,1-6H3,(H,45,47)(H,46,48)/t23-,24-,30-,31-/m0/s1. The SMILES string of the molecule is CC(C)(C)OC(=O)N1C[C@@H](F)C[C@H]1c1ncc(-c2ccc3c(F)c4oc5ccc(-c6cnc([C@@H]7C[C@H](F)CN7C(=O)OC(C)(C)C)[nH]6)cc5c(=O)c4cc3c2)[nH]1. The molecule has 2 fully saturated rings. The van der Waals surface area contributed by atoms with E-state index in [4.69, 9.17) is 13.9 Å². The van der Waals surface area contributed by atoms with Gasteiger partial charge in [0.2, 0.25) is 5.43 Å². The van der Waals surface area contributed by atoms with Gasteiger partial charge in [0.1, 0.15) is 40.8 Å². The molecule has 3 aromatic carbocycles. The summed E-state index contributed by atoms with van der Waals surface area (Å²) in [6, 6.07) is 10.1. The van der Waals surface area contributed by atoms with E-state index < -0.39 is 59.1 Å². The molecule has 12 nitrogen and oxygen atoms in total. The quantitative estimate of drug-likeness (QED) is 0.169. The molecular formula is C41H41F3N6O6. The summed E-state index contributed by atoms with van der Waals surface area (Å²) < 4.78 is 62.2. The number of alkyl halides is 2. The monoisotopic (exact) mass is 770 g/mol. The highest BCUT2D eigenvalue weighted by Crippen LogP contribution is 2.37. The van der Waals surface area contributed by atoms with Gasteiger partial charge in [-0.25, -0.2) is 32.7 Å². The van der Waals surface area contributed by atoms with Gasteiger partial charge in [-0.15, -0.1) is 0 Å². The van der Waals surface area contributed by atoms with Gasteiger partial charge in [0, 0.05) is 29.4 Å². The number of benzene rings is 3. The van der Waals surface area contributed by atoms with E-state index in [0.29, 0.717) is 39.5 Å². The highest BCUT2D eigenvalue weighted by molar-refractivity contribution is 6.01. The summed E-state index contributed by atoms with van der Waals surface area (Å²) in [7, 11) is 0. The molecule has 4 atom stereocenters. The zero-order valence-corrected chi connectivity index (χ0v) is 31.7. The number of amides is 2. The van der Waals surface area contributed by atoms with Crippen LogP contribution in [0, 0.1) is 5.82 Å². The predicted molar refractivity (Wildman–Crippen MR) is 203 cm³/mol. The van der Waals surface area contributed by atoms with Crippen molar-refractivity contribution in [2.45, 2.75) is 90.0 Å². The van der Waals surface area contributed by atoms with Gasteiger partial charge in [0.15, 0.2) is 11.4 Å². The van der Waals surface area contributed by atoms with Crippen molar-refractivity contribution >= 4 is 44.9 Å². The smallest absolute Gasteiger partial charge is 0.411 e. The van der Waals surface area contributed by atoms with Crippen LogP contribution in [0.2, 0.25) is 0 Å².